The number of carbonyl (C=O) groups excluding carboxylic acids is 9. The Morgan fingerprint density at radius 2 is 0.842 bits per heavy atom. The second kappa shape index (κ2) is 23.8. The molecule has 5 heterocycles. The topological polar surface area (TPSA) is 302 Å². The quantitative estimate of drug-likeness (QED) is 0.0632. The standard InChI is InChI=1S/C16H17NO5.C11H9NO3.C10H7NO3.C10H6O4.C8H4O3/c1-16(2,3)22-15(20)17-12(9-13(18)21-4)10-7-5-6-8-11(10)14(17)19;1-15-10(13)6-9-7-4-2-3-5-8(7)11(14)12-9;12-9(13)5-8-6-3-1-2-4-7(6)10(14)11-8;11-9(12)5-8-6-3-1-2-4-7(6)10(13)14-8;9-7-5-3-1-2-4-6(5)8(10)11-7/h5-9H,1-4H3;2-6H,1H3,(H,12,14);1-5H,(H,11,14)(H,12,13);1-5H,(H,11,12);1-4H/b12-9-;9-6-;2*8-5-;. The van der Waals surface area contributed by atoms with Gasteiger partial charge in [-0.3, -0.25) is 14.4 Å². The zero-order chi connectivity index (χ0) is 55.4. The Labute approximate surface area is 431 Å². The molecule has 5 aliphatic heterocycles. The van der Waals surface area contributed by atoms with Crippen molar-refractivity contribution >= 4 is 88.5 Å². The third kappa shape index (κ3) is 13.1. The van der Waals surface area contributed by atoms with Crippen LogP contribution in [-0.4, -0.2) is 101 Å². The van der Waals surface area contributed by atoms with Crippen LogP contribution in [0.15, 0.2) is 146 Å². The van der Waals surface area contributed by atoms with Gasteiger partial charge in [0.15, 0.2) is 0 Å². The molecule has 0 radical (unpaired) electrons. The number of nitrogens with one attached hydrogen (secondary N) is 2. The minimum atomic E-state index is -1.13. The molecule has 0 unspecified atom stereocenters. The number of aliphatic carboxylic acids is 2. The third-order valence-corrected chi connectivity index (χ3v) is 10.5. The van der Waals surface area contributed by atoms with Gasteiger partial charge in [-0.05, 0) is 57.2 Å². The maximum absolute atomic E-state index is 12.4. The van der Waals surface area contributed by atoms with Crippen molar-refractivity contribution in [2.45, 2.75) is 26.4 Å². The summed E-state index contributed by atoms with van der Waals surface area (Å²) in [5, 5.41) is 22.2. The smallest absolute Gasteiger partial charge is 0.422 e. The Hall–Kier alpha value is -10.6. The number of carboxylic acid groups (broad SMARTS) is 2. The lowest BCUT2D eigenvalue weighted by atomic mass is 10.1. The van der Waals surface area contributed by atoms with Gasteiger partial charge in [-0.2, -0.15) is 0 Å². The Morgan fingerprint density at radius 3 is 1.29 bits per heavy atom. The van der Waals surface area contributed by atoms with Crippen LogP contribution in [0.25, 0.3) is 22.9 Å². The van der Waals surface area contributed by atoms with E-state index in [9.17, 15) is 52.7 Å². The fourth-order valence-electron chi connectivity index (χ4n) is 7.26. The fourth-order valence-corrected chi connectivity index (χ4v) is 7.26. The lowest BCUT2D eigenvalue weighted by molar-refractivity contribution is -0.135. The number of carbonyl (C=O) groups is 11. The van der Waals surface area contributed by atoms with Gasteiger partial charge in [0.25, 0.3) is 17.7 Å². The number of methoxy groups -OCH3 is 2. The third-order valence-electron chi connectivity index (χ3n) is 10.5. The number of cyclic esters (lactones) is 3. The van der Waals surface area contributed by atoms with Crippen LogP contribution in [0, 0.1) is 0 Å². The Kier molecular flexibility index (Phi) is 17.1. The van der Waals surface area contributed by atoms with Gasteiger partial charge in [0, 0.05) is 57.2 Å². The van der Waals surface area contributed by atoms with Crippen LogP contribution in [0.3, 0.4) is 0 Å². The zero-order valence-electron chi connectivity index (χ0n) is 40.7. The number of hydrogen-bond acceptors (Lipinski definition) is 16. The summed E-state index contributed by atoms with van der Waals surface area (Å²) in [4.78, 5) is 125. The summed E-state index contributed by atoms with van der Waals surface area (Å²) in [6.45, 7) is 5.09. The van der Waals surface area contributed by atoms with E-state index in [1.54, 1.807) is 136 Å². The minimum absolute atomic E-state index is 0.0955. The van der Waals surface area contributed by atoms with Crippen LogP contribution < -0.4 is 10.6 Å². The molecule has 21 nitrogen and oxygen atoms in total. The minimum Gasteiger partial charge on any atom is -0.478 e. The molecule has 5 aliphatic rings. The highest BCUT2D eigenvalue weighted by Crippen LogP contribution is 2.34. The summed E-state index contributed by atoms with van der Waals surface area (Å²) in [6.07, 6.45) is 3.41. The molecule has 0 saturated heterocycles. The van der Waals surface area contributed by atoms with Crippen molar-refractivity contribution in [1.29, 1.82) is 0 Å². The molecule has 21 heteroatoms. The predicted molar refractivity (Wildman–Crippen MR) is 266 cm³/mol. The normalized spacial score (nSPS) is 15.9. The van der Waals surface area contributed by atoms with Crippen molar-refractivity contribution in [3.63, 3.8) is 0 Å². The number of nitrogens with zero attached hydrogens (tertiary/aromatic N) is 1. The monoisotopic (exact) mass is 1030 g/mol. The number of esters is 5. The summed E-state index contributed by atoms with van der Waals surface area (Å²) in [7, 11) is 2.52. The number of benzene rings is 5. The SMILES string of the molecule is COC(=O)/C=C1/c2ccccc2C(=O)N1C(=O)OC(C)(C)C.COC(=O)/C=C1\NC(=O)c2ccccc21.O=C(O)/C=C1\NC(=O)c2ccccc21.O=C(O)/C=C1\OC(=O)c2ccccc21.O=C1OC(=O)c2ccccc21. The van der Waals surface area contributed by atoms with Gasteiger partial charge < -0.3 is 44.5 Å². The van der Waals surface area contributed by atoms with E-state index in [1.807, 2.05) is 6.07 Å². The first-order valence-electron chi connectivity index (χ1n) is 22.3. The van der Waals surface area contributed by atoms with Crippen LogP contribution in [0.1, 0.15) is 105 Å². The molecule has 386 valence electrons. The molecule has 0 bridgehead atoms. The molecule has 10 rings (SSSR count). The molecule has 76 heavy (non-hydrogen) atoms. The lowest BCUT2D eigenvalue weighted by Crippen LogP contribution is -2.36. The van der Waals surface area contributed by atoms with Crippen LogP contribution in [0.4, 0.5) is 4.79 Å². The Bertz CT molecular complexity index is 3280. The van der Waals surface area contributed by atoms with Crippen molar-refractivity contribution in [2.75, 3.05) is 14.2 Å². The van der Waals surface area contributed by atoms with Gasteiger partial charge >= 0.3 is 47.9 Å². The first kappa shape index (κ1) is 54.8. The molecule has 0 aliphatic carbocycles. The summed E-state index contributed by atoms with van der Waals surface area (Å²) in [5.74, 6) is -5.84. The molecule has 0 atom stereocenters. The van der Waals surface area contributed by atoms with Gasteiger partial charge in [-0.15, -0.1) is 0 Å². The predicted octanol–water partition coefficient (Wildman–Crippen LogP) is 6.67. The summed E-state index contributed by atoms with van der Waals surface area (Å²) < 4.78 is 23.5. The number of hydrogen-bond donors (Lipinski definition) is 4. The molecule has 5 aromatic carbocycles. The van der Waals surface area contributed by atoms with E-state index in [1.165, 1.54) is 20.3 Å². The summed E-state index contributed by atoms with van der Waals surface area (Å²) in [5.41, 5.74) is 5.16. The van der Waals surface area contributed by atoms with Crippen LogP contribution in [0.2, 0.25) is 0 Å². The number of ether oxygens (including phenoxy) is 5. The number of imide groups is 1. The Morgan fingerprint density at radius 1 is 0.474 bits per heavy atom. The van der Waals surface area contributed by atoms with Crippen LogP contribution >= 0.6 is 0 Å². The first-order chi connectivity index (χ1) is 36.1. The molecule has 0 fully saturated rings. The molecule has 4 amide bonds. The van der Waals surface area contributed by atoms with Crippen LogP contribution in [0.5, 0.6) is 0 Å². The molecule has 0 saturated carbocycles. The van der Waals surface area contributed by atoms with Crippen molar-refractivity contribution in [1.82, 2.24) is 15.5 Å². The van der Waals surface area contributed by atoms with Gasteiger partial charge in [-0.25, -0.2) is 43.3 Å². The second-order valence-corrected chi connectivity index (χ2v) is 16.7. The average molecular weight is 1030 g/mol. The van der Waals surface area contributed by atoms with E-state index in [0.29, 0.717) is 61.5 Å². The largest absolute Gasteiger partial charge is 0.478 e. The van der Waals surface area contributed by atoms with Crippen molar-refractivity contribution in [2.24, 2.45) is 0 Å². The highest BCUT2D eigenvalue weighted by molar-refractivity contribution is 6.19. The maximum atomic E-state index is 12.4. The average Bonchev–Trinajstić information content (AvgIpc) is 4.15. The number of carboxylic acids is 2. The summed E-state index contributed by atoms with van der Waals surface area (Å²) >= 11 is 0. The van der Waals surface area contributed by atoms with Crippen molar-refractivity contribution < 1.29 is 86.6 Å². The van der Waals surface area contributed by atoms with E-state index >= 15 is 0 Å². The van der Waals surface area contributed by atoms with Crippen molar-refractivity contribution in [3.8, 4) is 0 Å². The van der Waals surface area contributed by atoms with Crippen molar-refractivity contribution in [3.05, 3.63) is 201 Å². The zero-order valence-corrected chi connectivity index (χ0v) is 40.7. The highest BCUT2D eigenvalue weighted by atomic mass is 16.6. The van der Waals surface area contributed by atoms with E-state index < -0.39 is 59.4 Å². The van der Waals surface area contributed by atoms with E-state index in [0.717, 1.165) is 28.7 Å². The number of rotatable bonds is 4. The number of amides is 4. The van der Waals surface area contributed by atoms with Gasteiger partial charge in [0.1, 0.15) is 11.4 Å². The maximum Gasteiger partial charge on any atom is 0.422 e. The first-order valence-corrected chi connectivity index (χ1v) is 22.3. The summed E-state index contributed by atoms with van der Waals surface area (Å²) in [6, 6.07) is 33.8. The molecular weight excluding hydrogens is 991 g/mol. The molecule has 5 aromatic rings. The van der Waals surface area contributed by atoms with Gasteiger partial charge in [-0.1, -0.05) is 84.9 Å². The lowest BCUT2D eigenvalue weighted by Gasteiger charge is -2.24. The van der Waals surface area contributed by atoms with E-state index in [4.69, 9.17) is 19.7 Å². The number of fused-ring (bicyclic) bond motifs is 5. The highest BCUT2D eigenvalue weighted by Gasteiger charge is 2.39. The Balaban J connectivity index is 0.000000157. The molecular formula is C55H43N3O18. The molecule has 0 aromatic heterocycles. The second-order valence-electron chi connectivity index (χ2n) is 16.7. The van der Waals surface area contributed by atoms with Gasteiger partial charge in [0.05, 0.1) is 54.1 Å². The van der Waals surface area contributed by atoms with Gasteiger partial charge in [0.2, 0.25) is 0 Å². The fraction of sp³-hybridized carbons (Fsp3) is 0.109. The van der Waals surface area contributed by atoms with E-state index in [2.05, 4.69) is 24.8 Å². The van der Waals surface area contributed by atoms with Crippen LogP contribution in [-0.2, 0) is 42.9 Å². The molecule has 0 spiro atoms. The van der Waals surface area contributed by atoms with E-state index in [-0.39, 0.29) is 23.3 Å². The molecule has 4 N–H and O–H groups in total.